The van der Waals surface area contributed by atoms with Gasteiger partial charge in [-0.05, 0) is 51.6 Å². The summed E-state index contributed by atoms with van der Waals surface area (Å²) >= 11 is 0. The van der Waals surface area contributed by atoms with Crippen molar-refractivity contribution in [3.8, 4) is 0 Å². The molecule has 0 aromatic heterocycles. The van der Waals surface area contributed by atoms with Crippen LogP contribution in [-0.2, 0) is 4.79 Å². The van der Waals surface area contributed by atoms with E-state index in [9.17, 15) is 4.79 Å². The predicted octanol–water partition coefficient (Wildman–Crippen LogP) is 2.44. The van der Waals surface area contributed by atoms with Gasteiger partial charge in [-0.15, -0.1) is 0 Å². The van der Waals surface area contributed by atoms with Gasteiger partial charge < -0.3 is 10.2 Å². The molecule has 1 amide bonds. The second-order valence-corrected chi connectivity index (χ2v) is 6.03. The highest BCUT2D eigenvalue weighted by Gasteiger charge is 2.23. The van der Waals surface area contributed by atoms with Gasteiger partial charge in [0.2, 0.25) is 5.91 Å². The third-order valence-electron chi connectivity index (χ3n) is 3.80. The quantitative estimate of drug-likeness (QED) is 0.762. The zero-order valence-electron chi connectivity index (χ0n) is 12.3. The van der Waals surface area contributed by atoms with Crippen LogP contribution in [-0.4, -0.2) is 37.5 Å². The van der Waals surface area contributed by atoms with Gasteiger partial charge in [0.1, 0.15) is 0 Å². The van der Waals surface area contributed by atoms with E-state index in [4.69, 9.17) is 0 Å². The van der Waals surface area contributed by atoms with Gasteiger partial charge in [-0.3, -0.25) is 4.79 Å². The lowest BCUT2D eigenvalue weighted by atomic mass is 9.80. The summed E-state index contributed by atoms with van der Waals surface area (Å²) in [4.78, 5) is 13.7. The molecule has 1 aliphatic rings. The molecule has 0 bridgehead atoms. The number of amides is 1. The minimum Gasteiger partial charge on any atom is -0.350 e. The van der Waals surface area contributed by atoms with Crippen molar-refractivity contribution in [3.05, 3.63) is 12.2 Å². The maximum absolute atomic E-state index is 11.7. The number of carbonyl (C=O) groups excluding carboxylic acids is 1. The van der Waals surface area contributed by atoms with Gasteiger partial charge >= 0.3 is 0 Å². The van der Waals surface area contributed by atoms with Crippen LogP contribution in [0.1, 0.15) is 39.5 Å². The van der Waals surface area contributed by atoms with E-state index in [-0.39, 0.29) is 5.91 Å². The highest BCUT2D eigenvalue weighted by atomic mass is 16.1. The van der Waals surface area contributed by atoms with Crippen molar-refractivity contribution in [2.45, 2.75) is 45.6 Å². The number of nitrogens with zero attached hydrogens (tertiary/aromatic N) is 1. The van der Waals surface area contributed by atoms with E-state index >= 15 is 0 Å². The van der Waals surface area contributed by atoms with Gasteiger partial charge in [0.25, 0.3) is 0 Å². The van der Waals surface area contributed by atoms with Gasteiger partial charge in [-0.2, -0.15) is 0 Å². The zero-order chi connectivity index (χ0) is 13.5. The standard InChI is InChI=1S/C15H28N2O/c1-12(2)13-7-9-14(10-8-13)16-15(18)6-5-11-17(3)4/h5-6,12-14H,7-11H2,1-4H3,(H,16,18)/b6-5+. The molecule has 0 aromatic rings. The Morgan fingerprint density at radius 2 is 1.89 bits per heavy atom. The number of nitrogens with one attached hydrogen (secondary N) is 1. The fourth-order valence-electron chi connectivity index (χ4n) is 2.55. The number of likely N-dealkylation sites (N-methyl/N-ethyl adjacent to an activating group) is 1. The molecule has 1 rings (SSSR count). The van der Waals surface area contributed by atoms with Crippen molar-refractivity contribution in [2.24, 2.45) is 11.8 Å². The molecule has 1 saturated carbocycles. The molecule has 3 nitrogen and oxygen atoms in total. The average molecular weight is 252 g/mol. The van der Waals surface area contributed by atoms with Crippen LogP contribution in [0.5, 0.6) is 0 Å². The summed E-state index contributed by atoms with van der Waals surface area (Å²) < 4.78 is 0. The maximum Gasteiger partial charge on any atom is 0.243 e. The molecule has 104 valence electrons. The predicted molar refractivity (Wildman–Crippen MR) is 76.4 cm³/mol. The van der Waals surface area contributed by atoms with Crippen molar-refractivity contribution in [3.63, 3.8) is 0 Å². The third kappa shape index (κ3) is 5.67. The van der Waals surface area contributed by atoms with E-state index in [0.29, 0.717) is 6.04 Å². The Kier molecular flexibility index (Phi) is 6.41. The number of hydrogen-bond donors (Lipinski definition) is 1. The van der Waals surface area contributed by atoms with Crippen molar-refractivity contribution < 1.29 is 4.79 Å². The first-order chi connectivity index (χ1) is 8.49. The Labute approximate surface area is 112 Å². The third-order valence-corrected chi connectivity index (χ3v) is 3.80. The Morgan fingerprint density at radius 3 is 2.39 bits per heavy atom. The lowest BCUT2D eigenvalue weighted by Crippen LogP contribution is -2.37. The lowest BCUT2D eigenvalue weighted by molar-refractivity contribution is -0.117. The number of carbonyl (C=O) groups is 1. The van der Waals surface area contributed by atoms with Gasteiger partial charge in [0, 0.05) is 18.7 Å². The van der Waals surface area contributed by atoms with E-state index in [1.54, 1.807) is 6.08 Å². The molecule has 1 N–H and O–H groups in total. The van der Waals surface area contributed by atoms with E-state index in [1.165, 1.54) is 12.8 Å². The highest BCUT2D eigenvalue weighted by Crippen LogP contribution is 2.29. The number of hydrogen-bond acceptors (Lipinski definition) is 2. The minimum atomic E-state index is 0.0600. The maximum atomic E-state index is 11.7. The van der Waals surface area contributed by atoms with Gasteiger partial charge in [0.15, 0.2) is 0 Å². The second-order valence-electron chi connectivity index (χ2n) is 6.03. The smallest absolute Gasteiger partial charge is 0.243 e. The molecule has 1 fully saturated rings. The molecule has 0 heterocycles. The van der Waals surface area contributed by atoms with Crippen LogP contribution in [0.15, 0.2) is 12.2 Å². The first-order valence-electron chi connectivity index (χ1n) is 7.10. The van der Waals surface area contributed by atoms with E-state index in [1.807, 2.05) is 25.1 Å². The van der Waals surface area contributed by atoms with E-state index < -0.39 is 0 Å². The highest BCUT2D eigenvalue weighted by molar-refractivity contribution is 5.87. The molecule has 0 aromatic carbocycles. The van der Waals surface area contributed by atoms with Crippen molar-refractivity contribution in [1.82, 2.24) is 10.2 Å². The van der Waals surface area contributed by atoms with Crippen molar-refractivity contribution in [2.75, 3.05) is 20.6 Å². The Hall–Kier alpha value is -0.830. The van der Waals surface area contributed by atoms with Crippen LogP contribution >= 0.6 is 0 Å². The first-order valence-corrected chi connectivity index (χ1v) is 7.10. The van der Waals surface area contributed by atoms with Gasteiger partial charge in [0.05, 0.1) is 0 Å². The van der Waals surface area contributed by atoms with Crippen LogP contribution in [0.3, 0.4) is 0 Å². The molecule has 0 atom stereocenters. The van der Waals surface area contributed by atoms with Crippen LogP contribution in [0.2, 0.25) is 0 Å². The second kappa shape index (κ2) is 7.57. The molecule has 3 heteroatoms. The Morgan fingerprint density at radius 1 is 1.28 bits per heavy atom. The Balaban J connectivity index is 2.24. The summed E-state index contributed by atoms with van der Waals surface area (Å²) in [5, 5.41) is 3.11. The molecule has 0 unspecified atom stereocenters. The molecule has 0 aliphatic heterocycles. The van der Waals surface area contributed by atoms with Crippen molar-refractivity contribution >= 4 is 5.91 Å². The topological polar surface area (TPSA) is 32.3 Å². The summed E-state index contributed by atoms with van der Waals surface area (Å²) in [6.45, 7) is 5.41. The first kappa shape index (κ1) is 15.2. The van der Waals surface area contributed by atoms with Gasteiger partial charge in [-0.1, -0.05) is 19.9 Å². The zero-order valence-corrected chi connectivity index (χ0v) is 12.3. The molecule has 1 aliphatic carbocycles. The largest absolute Gasteiger partial charge is 0.350 e. The van der Waals surface area contributed by atoms with Crippen molar-refractivity contribution in [1.29, 1.82) is 0 Å². The Bertz CT molecular complexity index is 276. The fraction of sp³-hybridized carbons (Fsp3) is 0.800. The molecule has 18 heavy (non-hydrogen) atoms. The lowest BCUT2D eigenvalue weighted by Gasteiger charge is -2.31. The molecular formula is C15H28N2O. The van der Waals surface area contributed by atoms with Crippen LogP contribution in [0.25, 0.3) is 0 Å². The summed E-state index contributed by atoms with van der Waals surface area (Å²) in [6, 6.07) is 0.386. The van der Waals surface area contributed by atoms with E-state index in [0.717, 1.165) is 31.2 Å². The summed E-state index contributed by atoms with van der Waals surface area (Å²) in [5.41, 5.74) is 0. The number of rotatable bonds is 5. The summed E-state index contributed by atoms with van der Waals surface area (Å²) in [6.07, 6.45) is 8.35. The molecular weight excluding hydrogens is 224 g/mol. The minimum absolute atomic E-state index is 0.0600. The van der Waals surface area contributed by atoms with E-state index in [2.05, 4.69) is 19.2 Å². The van der Waals surface area contributed by atoms with Crippen LogP contribution in [0.4, 0.5) is 0 Å². The molecule has 0 saturated heterocycles. The normalized spacial score (nSPS) is 25.0. The monoisotopic (exact) mass is 252 g/mol. The summed E-state index contributed by atoms with van der Waals surface area (Å²) in [7, 11) is 3.99. The summed E-state index contributed by atoms with van der Waals surface area (Å²) in [5.74, 6) is 1.69. The van der Waals surface area contributed by atoms with Crippen LogP contribution < -0.4 is 5.32 Å². The SMILES string of the molecule is CC(C)C1CCC(NC(=O)/C=C/CN(C)C)CC1. The van der Waals surface area contributed by atoms with Gasteiger partial charge in [-0.25, -0.2) is 0 Å². The van der Waals surface area contributed by atoms with Crippen LogP contribution in [0, 0.1) is 11.8 Å². The molecule has 0 spiro atoms. The fourth-order valence-corrected chi connectivity index (χ4v) is 2.55. The molecule has 0 radical (unpaired) electrons. The average Bonchev–Trinajstić information content (AvgIpc) is 2.29.